The number of fused-ring (bicyclic) bond motifs is 1. The van der Waals surface area contributed by atoms with E-state index in [0.717, 1.165) is 11.5 Å². The first-order valence-corrected chi connectivity index (χ1v) is 4.24. The molecule has 0 amide bonds. The highest BCUT2D eigenvalue weighted by Crippen LogP contribution is 2.16. The maximum atomic E-state index is 4.35. The lowest BCUT2D eigenvalue weighted by Crippen LogP contribution is -2.17. The van der Waals surface area contributed by atoms with Crippen LogP contribution in [0.5, 0.6) is 0 Å². The summed E-state index contributed by atoms with van der Waals surface area (Å²) in [5.41, 5.74) is 0.770. The highest BCUT2D eigenvalue weighted by Gasteiger charge is 2.17. The van der Waals surface area contributed by atoms with Crippen molar-refractivity contribution >= 4 is 5.65 Å². The van der Waals surface area contributed by atoms with E-state index in [1.54, 1.807) is 16.9 Å². The maximum Gasteiger partial charge on any atom is 0.171 e. The van der Waals surface area contributed by atoms with Crippen molar-refractivity contribution in [2.75, 3.05) is 0 Å². The Labute approximate surface area is 76.6 Å². The molecule has 0 atom stereocenters. The smallest absolute Gasteiger partial charge is 0.171 e. The first-order valence-electron chi connectivity index (χ1n) is 4.24. The van der Waals surface area contributed by atoms with Gasteiger partial charge in [0.25, 0.3) is 0 Å². The van der Waals surface area contributed by atoms with Gasteiger partial charge in [0.2, 0.25) is 0 Å². The van der Waals surface area contributed by atoms with Gasteiger partial charge < -0.3 is 0 Å². The molecule has 0 aromatic carbocycles. The molecule has 0 unspecified atom stereocenters. The maximum absolute atomic E-state index is 4.35. The average Bonchev–Trinajstić information content (AvgIpc) is 2.47. The zero-order chi connectivity index (χ0) is 9.47. The van der Waals surface area contributed by atoms with E-state index in [2.05, 4.69) is 35.8 Å². The van der Waals surface area contributed by atoms with E-state index in [4.69, 9.17) is 0 Å². The highest BCUT2D eigenvalue weighted by atomic mass is 15.3. The Hall–Kier alpha value is -1.45. The number of hydrogen-bond acceptors (Lipinski definition) is 3. The van der Waals surface area contributed by atoms with E-state index in [-0.39, 0.29) is 5.41 Å². The van der Waals surface area contributed by atoms with Gasteiger partial charge in [-0.1, -0.05) is 20.8 Å². The van der Waals surface area contributed by atoms with Crippen molar-refractivity contribution < 1.29 is 0 Å². The molecule has 2 rings (SSSR count). The molecule has 68 valence electrons. The molecule has 0 saturated heterocycles. The third-order valence-corrected chi connectivity index (χ3v) is 1.82. The summed E-state index contributed by atoms with van der Waals surface area (Å²) in [5, 5.41) is 4.35. The first-order chi connectivity index (χ1) is 6.07. The van der Waals surface area contributed by atoms with Gasteiger partial charge in [-0.05, 0) is 0 Å². The van der Waals surface area contributed by atoms with Crippen LogP contribution in [0.2, 0.25) is 0 Å². The van der Waals surface area contributed by atoms with E-state index >= 15 is 0 Å². The van der Waals surface area contributed by atoms with E-state index in [0.29, 0.717) is 0 Å². The van der Waals surface area contributed by atoms with Crippen molar-refractivity contribution in [3.8, 4) is 0 Å². The molecule has 2 aromatic heterocycles. The van der Waals surface area contributed by atoms with E-state index < -0.39 is 0 Å². The van der Waals surface area contributed by atoms with Crippen LogP contribution in [0.15, 0.2) is 18.6 Å². The summed E-state index contributed by atoms with van der Waals surface area (Å²) in [7, 11) is 0. The first kappa shape index (κ1) is 8.16. The lowest BCUT2D eigenvalue weighted by Gasteiger charge is -2.15. The van der Waals surface area contributed by atoms with Crippen LogP contribution in [0.25, 0.3) is 5.65 Å². The molecule has 4 heteroatoms. The Morgan fingerprint density at radius 3 is 2.69 bits per heavy atom. The Kier molecular flexibility index (Phi) is 1.58. The number of nitrogens with zero attached hydrogens (tertiary/aromatic N) is 4. The fourth-order valence-corrected chi connectivity index (χ4v) is 1.08. The summed E-state index contributed by atoms with van der Waals surface area (Å²) in [6, 6.07) is 0. The minimum Gasteiger partial charge on any atom is -0.235 e. The lowest BCUT2D eigenvalue weighted by molar-refractivity contribution is 0.529. The van der Waals surface area contributed by atoms with Crippen molar-refractivity contribution in [1.82, 2.24) is 19.6 Å². The fraction of sp³-hybridized carbons (Fsp3) is 0.444. The van der Waals surface area contributed by atoms with E-state index in [9.17, 15) is 0 Å². The minimum absolute atomic E-state index is 0.0154. The van der Waals surface area contributed by atoms with Crippen molar-refractivity contribution in [2.45, 2.75) is 26.2 Å². The fourth-order valence-electron chi connectivity index (χ4n) is 1.08. The van der Waals surface area contributed by atoms with Gasteiger partial charge in [0.1, 0.15) is 0 Å². The van der Waals surface area contributed by atoms with Crippen LogP contribution >= 0.6 is 0 Å². The topological polar surface area (TPSA) is 43.1 Å². The van der Waals surface area contributed by atoms with Gasteiger partial charge >= 0.3 is 0 Å². The van der Waals surface area contributed by atoms with Gasteiger partial charge in [-0.3, -0.25) is 0 Å². The number of imidazole rings is 1. The monoisotopic (exact) mass is 176 g/mol. The molecule has 2 heterocycles. The van der Waals surface area contributed by atoms with Crippen molar-refractivity contribution in [3.63, 3.8) is 0 Å². The van der Waals surface area contributed by atoms with Crippen molar-refractivity contribution in [2.24, 2.45) is 0 Å². The molecule has 0 aliphatic carbocycles. The summed E-state index contributed by atoms with van der Waals surface area (Å²) >= 11 is 0. The molecule has 0 radical (unpaired) electrons. The normalized spacial score (nSPS) is 12.2. The summed E-state index contributed by atoms with van der Waals surface area (Å²) in [6.45, 7) is 6.27. The molecule has 0 aliphatic heterocycles. The van der Waals surface area contributed by atoms with Crippen LogP contribution < -0.4 is 0 Å². The van der Waals surface area contributed by atoms with Crippen LogP contribution in [0, 0.1) is 0 Å². The third kappa shape index (κ3) is 1.39. The predicted molar refractivity (Wildman–Crippen MR) is 49.5 cm³/mol. The summed E-state index contributed by atoms with van der Waals surface area (Å²) in [5.74, 6) is 0.831. The minimum atomic E-state index is -0.0154. The third-order valence-electron chi connectivity index (χ3n) is 1.82. The second-order valence-electron chi connectivity index (χ2n) is 4.06. The Morgan fingerprint density at radius 1 is 1.23 bits per heavy atom. The standard InChI is InChI=1S/C9H12N4/c1-9(2,3)8-11-6-7-10-4-5-13(7)12-8/h4-6H,1-3H3. The molecule has 0 aliphatic rings. The van der Waals surface area contributed by atoms with Crippen LogP contribution in [0.4, 0.5) is 0 Å². The van der Waals surface area contributed by atoms with Crippen LogP contribution in [-0.2, 0) is 5.41 Å². The number of hydrogen-bond donors (Lipinski definition) is 0. The van der Waals surface area contributed by atoms with Gasteiger partial charge in [0.05, 0.1) is 6.20 Å². The quantitative estimate of drug-likeness (QED) is 0.609. The van der Waals surface area contributed by atoms with Gasteiger partial charge in [0.15, 0.2) is 11.5 Å². The molecular formula is C9H12N4. The Balaban J connectivity index is 2.61. The predicted octanol–water partition coefficient (Wildman–Crippen LogP) is 1.42. The molecule has 4 nitrogen and oxygen atoms in total. The molecule has 0 saturated carbocycles. The van der Waals surface area contributed by atoms with Crippen LogP contribution in [0.1, 0.15) is 26.6 Å². The molecular weight excluding hydrogens is 164 g/mol. The van der Waals surface area contributed by atoms with E-state index in [1.807, 2.05) is 6.20 Å². The molecule has 13 heavy (non-hydrogen) atoms. The highest BCUT2D eigenvalue weighted by molar-refractivity contribution is 5.32. The lowest BCUT2D eigenvalue weighted by atomic mass is 9.96. The second-order valence-corrected chi connectivity index (χ2v) is 4.06. The zero-order valence-electron chi connectivity index (χ0n) is 8.02. The van der Waals surface area contributed by atoms with Gasteiger partial charge in [-0.15, -0.1) is 0 Å². The Bertz CT molecular complexity index is 424. The van der Waals surface area contributed by atoms with Crippen molar-refractivity contribution in [3.05, 3.63) is 24.4 Å². The van der Waals surface area contributed by atoms with Gasteiger partial charge in [-0.25, -0.2) is 14.5 Å². The zero-order valence-corrected chi connectivity index (χ0v) is 8.02. The summed E-state index contributed by atoms with van der Waals surface area (Å²) in [6.07, 6.45) is 5.29. The average molecular weight is 176 g/mol. The Morgan fingerprint density at radius 2 is 2.00 bits per heavy atom. The summed E-state index contributed by atoms with van der Waals surface area (Å²) in [4.78, 5) is 8.34. The molecule has 0 bridgehead atoms. The largest absolute Gasteiger partial charge is 0.235 e. The van der Waals surface area contributed by atoms with Crippen LogP contribution in [-0.4, -0.2) is 19.6 Å². The summed E-state index contributed by atoms with van der Waals surface area (Å²) < 4.78 is 1.74. The van der Waals surface area contributed by atoms with Crippen LogP contribution in [0.3, 0.4) is 0 Å². The van der Waals surface area contributed by atoms with Gasteiger partial charge in [0, 0.05) is 17.8 Å². The van der Waals surface area contributed by atoms with Gasteiger partial charge in [-0.2, -0.15) is 5.10 Å². The van der Waals surface area contributed by atoms with E-state index in [1.165, 1.54) is 0 Å². The molecule has 0 N–H and O–H groups in total. The number of aromatic nitrogens is 4. The molecule has 2 aromatic rings. The number of rotatable bonds is 0. The molecule has 0 spiro atoms. The second kappa shape index (κ2) is 2.52. The SMILES string of the molecule is CC(C)(C)c1ncc2nccn2n1. The van der Waals surface area contributed by atoms with Crippen molar-refractivity contribution in [1.29, 1.82) is 0 Å². The molecule has 0 fully saturated rings.